The monoisotopic (exact) mass is 332 g/mol. The van der Waals surface area contributed by atoms with Gasteiger partial charge < -0.3 is 4.57 Å². The third-order valence-electron chi connectivity index (χ3n) is 4.45. The Kier molecular flexibility index (Phi) is 4.76. The number of rotatable bonds is 4. The fourth-order valence-electron chi connectivity index (χ4n) is 2.87. The maximum absolute atomic E-state index is 12.8. The van der Waals surface area contributed by atoms with E-state index in [4.69, 9.17) is 11.6 Å². The number of alkyl halides is 1. The van der Waals surface area contributed by atoms with Gasteiger partial charge in [-0.1, -0.05) is 20.8 Å². The maximum Gasteiger partial charge on any atom is 0.244 e. The average Bonchev–Trinajstić information content (AvgIpc) is 3.04. The van der Waals surface area contributed by atoms with Crippen LogP contribution in [0.25, 0.3) is 0 Å². The Hall–Kier alpha value is -0.520. The van der Waals surface area contributed by atoms with E-state index < -0.39 is 10.0 Å². The molecule has 1 saturated heterocycles. The smallest absolute Gasteiger partial charge is 0.244 e. The van der Waals surface area contributed by atoms with E-state index in [2.05, 4.69) is 20.8 Å². The molecule has 1 fully saturated rings. The van der Waals surface area contributed by atoms with Crippen LogP contribution in [-0.2, 0) is 22.4 Å². The SMILES string of the molecule is CCn1cc(S(=O)(=O)N2CCC(C(C)(C)C)C2)cc1CCl. The Balaban J connectivity index is 2.25. The second-order valence-corrected chi connectivity index (χ2v) is 9.01. The summed E-state index contributed by atoms with van der Waals surface area (Å²) in [4.78, 5) is 0.370. The Labute approximate surface area is 133 Å². The molecule has 1 aromatic heterocycles. The molecular weight excluding hydrogens is 308 g/mol. The zero-order chi connectivity index (χ0) is 15.8. The molecule has 0 aliphatic carbocycles. The molecule has 1 unspecified atom stereocenters. The van der Waals surface area contributed by atoms with Crippen LogP contribution in [0.2, 0.25) is 0 Å². The van der Waals surface area contributed by atoms with Gasteiger partial charge in [-0.15, -0.1) is 11.6 Å². The number of hydrogen-bond donors (Lipinski definition) is 0. The molecule has 1 aromatic rings. The van der Waals surface area contributed by atoms with Gasteiger partial charge in [0, 0.05) is 31.5 Å². The van der Waals surface area contributed by atoms with Crippen molar-refractivity contribution in [3.05, 3.63) is 18.0 Å². The van der Waals surface area contributed by atoms with Gasteiger partial charge in [0.05, 0.1) is 5.88 Å². The molecule has 1 aliphatic rings. The van der Waals surface area contributed by atoms with E-state index in [-0.39, 0.29) is 5.41 Å². The molecule has 120 valence electrons. The van der Waals surface area contributed by atoms with E-state index in [1.54, 1.807) is 16.6 Å². The van der Waals surface area contributed by atoms with E-state index in [0.717, 1.165) is 18.7 Å². The van der Waals surface area contributed by atoms with Crippen molar-refractivity contribution >= 4 is 21.6 Å². The zero-order valence-corrected chi connectivity index (χ0v) is 14.8. The lowest BCUT2D eigenvalue weighted by molar-refractivity contribution is 0.252. The number of aryl methyl sites for hydroxylation is 1. The van der Waals surface area contributed by atoms with Crippen molar-refractivity contribution in [1.29, 1.82) is 0 Å². The lowest BCUT2D eigenvalue weighted by Crippen LogP contribution is -2.31. The molecule has 0 spiro atoms. The van der Waals surface area contributed by atoms with Gasteiger partial charge in [0.25, 0.3) is 0 Å². The second kappa shape index (κ2) is 5.94. The highest BCUT2D eigenvalue weighted by atomic mass is 35.5. The molecule has 0 amide bonds. The summed E-state index contributed by atoms with van der Waals surface area (Å²) in [6, 6.07) is 1.70. The molecule has 0 aromatic carbocycles. The molecule has 4 nitrogen and oxygen atoms in total. The molecule has 2 rings (SSSR count). The van der Waals surface area contributed by atoms with Gasteiger partial charge in [-0.2, -0.15) is 4.31 Å². The van der Waals surface area contributed by atoms with E-state index in [9.17, 15) is 8.42 Å². The van der Waals surface area contributed by atoms with Gasteiger partial charge >= 0.3 is 0 Å². The van der Waals surface area contributed by atoms with Crippen LogP contribution in [0.3, 0.4) is 0 Å². The Bertz CT molecular complexity index is 580. The number of aromatic nitrogens is 1. The highest BCUT2D eigenvalue weighted by molar-refractivity contribution is 7.89. The van der Waals surface area contributed by atoms with Crippen molar-refractivity contribution in [2.75, 3.05) is 13.1 Å². The van der Waals surface area contributed by atoms with Crippen molar-refractivity contribution in [3.63, 3.8) is 0 Å². The standard InChI is InChI=1S/C15H25ClN2O2S/c1-5-17-11-14(8-13(17)9-16)21(19,20)18-7-6-12(10-18)15(2,3)4/h8,11-12H,5-7,9-10H2,1-4H3. The molecule has 0 saturated carbocycles. The van der Waals surface area contributed by atoms with Gasteiger partial charge in [0.2, 0.25) is 10.0 Å². The minimum Gasteiger partial charge on any atom is -0.349 e. The highest BCUT2D eigenvalue weighted by Gasteiger charge is 2.38. The van der Waals surface area contributed by atoms with Crippen LogP contribution >= 0.6 is 11.6 Å². The molecule has 0 bridgehead atoms. The quantitative estimate of drug-likeness (QED) is 0.794. The van der Waals surface area contributed by atoms with E-state index in [1.165, 1.54) is 0 Å². The fraction of sp³-hybridized carbons (Fsp3) is 0.733. The summed E-state index contributed by atoms with van der Waals surface area (Å²) in [6.07, 6.45) is 2.64. The lowest BCUT2D eigenvalue weighted by Gasteiger charge is -2.26. The lowest BCUT2D eigenvalue weighted by atomic mass is 9.80. The first-order valence-electron chi connectivity index (χ1n) is 7.45. The molecule has 21 heavy (non-hydrogen) atoms. The van der Waals surface area contributed by atoms with Crippen LogP contribution in [0.4, 0.5) is 0 Å². The molecule has 0 radical (unpaired) electrons. The molecule has 2 heterocycles. The summed E-state index contributed by atoms with van der Waals surface area (Å²) >= 11 is 5.89. The number of nitrogens with zero attached hydrogens (tertiary/aromatic N) is 2. The van der Waals surface area contributed by atoms with Gasteiger partial charge in [-0.25, -0.2) is 8.42 Å². The highest BCUT2D eigenvalue weighted by Crippen LogP contribution is 2.36. The summed E-state index contributed by atoms with van der Waals surface area (Å²) in [5.74, 6) is 0.738. The predicted octanol–water partition coefficient (Wildman–Crippen LogP) is 3.30. The van der Waals surface area contributed by atoms with Crippen LogP contribution in [0.5, 0.6) is 0 Å². The molecule has 6 heteroatoms. The Morgan fingerprint density at radius 2 is 2.05 bits per heavy atom. The third kappa shape index (κ3) is 3.30. The predicted molar refractivity (Wildman–Crippen MR) is 86.0 cm³/mol. The van der Waals surface area contributed by atoms with E-state index in [1.807, 2.05) is 11.5 Å². The molecule has 0 N–H and O–H groups in total. The van der Waals surface area contributed by atoms with Crippen LogP contribution in [-0.4, -0.2) is 30.4 Å². The van der Waals surface area contributed by atoms with Crippen LogP contribution in [0.15, 0.2) is 17.2 Å². The first-order valence-corrected chi connectivity index (χ1v) is 9.42. The summed E-state index contributed by atoms with van der Waals surface area (Å²) in [5, 5.41) is 0. The number of halogens is 1. The number of hydrogen-bond acceptors (Lipinski definition) is 2. The van der Waals surface area contributed by atoms with Gasteiger partial charge in [0.15, 0.2) is 0 Å². The summed E-state index contributed by atoms with van der Waals surface area (Å²) < 4.78 is 29.1. The van der Waals surface area contributed by atoms with Crippen molar-refractivity contribution < 1.29 is 8.42 Å². The first kappa shape index (κ1) is 16.8. The summed E-state index contributed by atoms with van der Waals surface area (Å²) in [7, 11) is -3.40. The topological polar surface area (TPSA) is 42.3 Å². The van der Waals surface area contributed by atoms with E-state index in [0.29, 0.717) is 29.8 Å². The van der Waals surface area contributed by atoms with Gasteiger partial charge in [0.1, 0.15) is 4.90 Å². The second-order valence-electron chi connectivity index (χ2n) is 6.80. The molecule has 1 aliphatic heterocycles. The van der Waals surface area contributed by atoms with E-state index >= 15 is 0 Å². The van der Waals surface area contributed by atoms with Crippen molar-refractivity contribution in [2.24, 2.45) is 11.3 Å². The van der Waals surface area contributed by atoms with Crippen molar-refractivity contribution in [3.8, 4) is 0 Å². The van der Waals surface area contributed by atoms with Crippen LogP contribution < -0.4 is 0 Å². The fourth-order valence-corrected chi connectivity index (χ4v) is 4.67. The van der Waals surface area contributed by atoms with Crippen LogP contribution in [0, 0.1) is 11.3 Å². The minimum absolute atomic E-state index is 0.140. The number of sulfonamides is 1. The largest absolute Gasteiger partial charge is 0.349 e. The Morgan fingerprint density at radius 3 is 2.48 bits per heavy atom. The third-order valence-corrected chi connectivity index (χ3v) is 6.56. The van der Waals surface area contributed by atoms with Crippen molar-refractivity contribution in [1.82, 2.24) is 8.87 Å². The average molecular weight is 333 g/mol. The molecule has 1 atom stereocenters. The normalized spacial score (nSPS) is 21.1. The zero-order valence-electron chi connectivity index (χ0n) is 13.3. The van der Waals surface area contributed by atoms with Crippen LogP contribution in [0.1, 0.15) is 39.8 Å². The Morgan fingerprint density at radius 1 is 1.38 bits per heavy atom. The minimum atomic E-state index is -3.40. The summed E-state index contributed by atoms with van der Waals surface area (Å²) in [5.41, 5.74) is 0.991. The summed E-state index contributed by atoms with van der Waals surface area (Å²) in [6.45, 7) is 10.4. The molecular formula is C15H25ClN2O2S. The van der Waals surface area contributed by atoms with Crippen molar-refractivity contribution in [2.45, 2.75) is 51.4 Å². The maximum atomic E-state index is 12.8. The van der Waals surface area contributed by atoms with Gasteiger partial charge in [-0.05, 0) is 30.7 Å². The van der Waals surface area contributed by atoms with Gasteiger partial charge in [-0.3, -0.25) is 0 Å². The first-order chi connectivity index (χ1) is 9.70.